The molecule has 0 aromatic heterocycles. The van der Waals surface area contributed by atoms with Gasteiger partial charge in [-0.15, -0.1) is 0 Å². The van der Waals surface area contributed by atoms with Gasteiger partial charge in [-0.1, -0.05) is 20.8 Å². The quantitative estimate of drug-likeness (QED) is 0.723. The van der Waals surface area contributed by atoms with Crippen molar-refractivity contribution in [3.8, 4) is 0 Å². The van der Waals surface area contributed by atoms with Gasteiger partial charge in [0.2, 0.25) is 0 Å². The molecular formula is C15H19BrF3NO. The van der Waals surface area contributed by atoms with Crippen molar-refractivity contribution in [1.29, 1.82) is 0 Å². The number of halogens is 4. The maximum atomic E-state index is 12.8. The van der Waals surface area contributed by atoms with E-state index in [1.165, 1.54) is 11.0 Å². The Balaban J connectivity index is 3.19. The van der Waals surface area contributed by atoms with E-state index in [1.807, 2.05) is 27.7 Å². The molecule has 0 N–H and O–H groups in total. The first-order valence-electron chi connectivity index (χ1n) is 6.49. The number of alkyl halides is 3. The van der Waals surface area contributed by atoms with Crippen LogP contribution >= 0.6 is 15.9 Å². The summed E-state index contributed by atoms with van der Waals surface area (Å²) in [5.41, 5.74) is -0.979. The number of nitrogens with zero attached hydrogens (tertiary/aromatic N) is 1. The van der Waals surface area contributed by atoms with Gasteiger partial charge in [-0.3, -0.25) is 4.79 Å². The van der Waals surface area contributed by atoms with E-state index < -0.39 is 17.6 Å². The normalized spacial score (nSPS) is 14.0. The molecule has 1 atom stereocenters. The summed E-state index contributed by atoms with van der Waals surface area (Å²) in [6.07, 6.45) is -4.47. The van der Waals surface area contributed by atoms with Gasteiger partial charge < -0.3 is 4.90 Å². The van der Waals surface area contributed by atoms with Gasteiger partial charge in [-0.05, 0) is 46.5 Å². The average molecular weight is 366 g/mol. The zero-order chi connectivity index (χ0) is 16.6. The molecule has 1 amide bonds. The Labute approximate surface area is 131 Å². The highest BCUT2D eigenvalue weighted by atomic mass is 79.9. The van der Waals surface area contributed by atoms with Gasteiger partial charge in [0.15, 0.2) is 0 Å². The Bertz CT molecular complexity index is 535. The van der Waals surface area contributed by atoms with E-state index in [0.29, 0.717) is 4.47 Å². The summed E-state index contributed by atoms with van der Waals surface area (Å²) in [4.78, 5) is 13.9. The molecule has 0 bridgehead atoms. The van der Waals surface area contributed by atoms with E-state index in [9.17, 15) is 18.0 Å². The second-order valence-corrected chi connectivity index (χ2v) is 7.00. The summed E-state index contributed by atoms with van der Waals surface area (Å²) in [6.45, 7) is 7.80. The molecule has 0 aliphatic carbocycles. The van der Waals surface area contributed by atoms with Crippen LogP contribution in [0.5, 0.6) is 0 Å². The summed E-state index contributed by atoms with van der Waals surface area (Å²) in [5, 5.41) is 0. The SMILES string of the molecule is CC(N(C)C(=O)c1cc(C(F)(F)F)ccc1Br)C(C)(C)C. The fraction of sp³-hybridized carbons (Fsp3) is 0.533. The third-order valence-corrected chi connectivity index (χ3v) is 4.37. The fourth-order valence-electron chi connectivity index (χ4n) is 1.81. The van der Waals surface area contributed by atoms with Gasteiger partial charge in [0.05, 0.1) is 11.1 Å². The van der Waals surface area contributed by atoms with Crippen molar-refractivity contribution < 1.29 is 18.0 Å². The molecule has 0 saturated carbocycles. The maximum Gasteiger partial charge on any atom is 0.416 e. The second-order valence-electron chi connectivity index (χ2n) is 6.15. The van der Waals surface area contributed by atoms with Gasteiger partial charge in [-0.2, -0.15) is 13.2 Å². The number of hydrogen-bond donors (Lipinski definition) is 0. The maximum absolute atomic E-state index is 12.8. The number of carbonyl (C=O) groups excluding carboxylic acids is 1. The molecule has 1 rings (SSSR count). The number of benzene rings is 1. The van der Waals surface area contributed by atoms with Gasteiger partial charge in [0.25, 0.3) is 5.91 Å². The van der Waals surface area contributed by atoms with Crippen molar-refractivity contribution in [3.05, 3.63) is 33.8 Å². The molecule has 0 saturated heterocycles. The van der Waals surface area contributed by atoms with Crippen LogP contribution in [0.25, 0.3) is 0 Å². The van der Waals surface area contributed by atoms with Crippen LogP contribution in [0.4, 0.5) is 13.2 Å². The van der Waals surface area contributed by atoms with Crippen molar-refractivity contribution in [2.45, 2.75) is 39.9 Å². The molecule has 1 aromatic rings. The molecule has 0 aliphatic heterocycles. The Kier molecular flexibility index (Phi) is 5.13. The van der Waals surface area contributed by atoms with Gasteiger partial charge in [0.1, 0.15) is 0 Å². The predicted octanol–water partition coefficient (Wildman–Crippen LogP) is 4.97. The summed E-state index contributed by atoms with van der Waals surface area (Å²) in [5.74, 6) is -0.435. The molecule has 21 heavy (non-hydrogen) atoms. The van der Waals surface area contributed by atoms with Gasteiger partial charge >= 0.3 is 6.18 Å². The molecule has 0 spiro atoms. The van der Waals surface area contributed by atoms with E-state index in [0.717, 1.165) is 12.1 Å². The monoisotopic (exact) mass is 365 g/mol. The molecule has 6 heteroatoms. The third kappa shape index (κ3) is 4.22. The van der Waals surface area contributed by atoms with Gasteiger partial charge in [0, 0.05) is 17.6 Å². The first-order chi connectivity index (χ1) is 9.35. The van der Waals surface area contributed by atoms with E-state index in [1.54, 1.807) is 7.05 Å². The fourth-order valence-corrected chi connectivity index (χ4v) is 2.23. The first-order valence-corrected chi connectivity index (χ1v) is 7.29. The number of carbonyl (C=O) groups is 1. The Morgan fingerprint density at radius 2 is 1.76 bits per heavy atom. The Hall–Kier alpha value is -1.04. The molecule has 118 valence electrons. The summed E-state index contributed by atoms with van der Waals surface area (Å²) < 4.78 is 38.7. The van der Waals surface area contributed by atoms with Crippen LogP contribution < -0.4 is 0 Å². The van der Waals surface area contributed by atoms with Gasteiger partial charge in [-0.25, -0.2) is 0 Å². The zero-order valence-electron chi connectivity index (χ0n) is 12.7. The zero-order valence-corrected chi connectivity index (χ0v) is 14.3. The van der Waals surface area contributed by atoms with Crippen LogP contribution in [-0.4, -0.2) is 23.9 Å². The molecule has 0 heterocycles. The van der Waals surface area contributed by atoms with E-state index in [4.69, 9.17) is 0 Å². The lowest BCUT2D eigenvalue weighted by molar-refractivity contribution is -0.137. The molecule has 0 radical (unpaired) electrons. The first kappa shape index (κ1) is 18.0. The van der Waals surface area contributed by atoms with E-state index in [-0.39, 0.29) is 17.0 Å². The predicted molar refractivity (Wildman–Crippen MR) is 80.2 cm³/mol. The highest BCUT2D eigenvalue weighted by Crippen LogP contribution is 2.33. The topological polar surface area (TPSA) is 20.3 Å². The molecular weight excluding hydrogens is 347 g/mol. The second kappa shape index (κ2) is 5.99. The minimum absolute atomic E-state index is 0.0171. The number of hydrogen-bond acceptors (Lipinski definition) is 1. The number of amides is 1. The highest BCUT2D eigenvalue weighted by molar-refractivity contribution is 9.10. The number of rotatable bonds is 2. The van der Waals surface area contributed by atoms with E-state index in [2.05, 4.69) is 15.9 Å². The molecule has 0 fully saturated rings. The van der Waals surface area contributed by atoms with Crippen molar-refractivity contribution in [2.75, 3.05) is 7.05 Å². The van der Waals surface area contributed by atoms with Crippen LogP contribution in [0.3, 0.4) is 0 Å². The van der Waals surface area contributed by atoms with Crippen molar-refractivity contribution >= 4 is 21.8 Å². The molecule has 1 unspecified atom stereocenters. The minimum Gasteiger partial charge on any atom is -0.338 e. The summed E-state index contributed by atoms with van der Waals surface area (Å²) in [6, 6.07) is 2.98. The average Bonchev–Trinajstić information content (AvgIpc) is 2.34. The third-order valence-electron chi connectivity index (χ3n) is 3.68. The van der Waals surface area contributed by atoms with Crippen molar-refractivity contribution in [1.82, 2.24) is 4.90 Å². The van der Waals surface area contributed by atoms with Crippen molar-refractivity contribution in [3.63, 3.8) is 0 Å². The summed E-state index contributed by atoms with van der Waals surface area (Å²) in [7, 11) is 1.60. The molecule has 0 aliphatic rings. The van der Waals surface area contributed by atoms with Crippen LogP contribution in [0.15, 0.2) is 22.7 Å². The van der Waals surface area contributed by atoms with Crippen LogP contribution in [0.2, 0.25) is 0 Å². The standard InChI is InChI=1S/C15H19BrF3NO/c1-9(14(2,3)4)20(5)13(21)11-8-10(15(17,18)19)6-7-12(11)16/h6-9H,1-5H3. The molecule has 2 nitrogen and oxygen atoms in total. The van der Waals surface area contributed by atoms with Crippen molar-refractivity contribution in [2.24, 2.45) is 5.41 Å². The van der Waals surface area contributed by atoms with Crippen LogP contribution in [-0.2, 0) is 6.18 Å². The van der Waals surface area contributed by atoms with Crippen LogP contribution in [0.1, 0.15) is 43.6 Å². The Morgan fingerprint density at radius 1 is 1.24 bits per heavy atom. The lowest BCUT2D eigenvalue weighted by atomic mass is 9.87. The molecule has 1 aromatic carbocycles. The van der Waals surface area contributed by atoms with E-state index >= 15 is 0 Å². The van der Waals surface area contributed by atoms with Crippen LogP contribution in [0, 0.1) is 5.41 Å². The minimum atomic E-state index is -4.47. The smallest absolute Gasteiger partial charge is 0.338 e. The Morgan fingerprint density at radius 3 is 2.19 bits per heavy atom. The summed E-state index contributed by atoms with van der Waals surface area (Å²) >= 11 is 3.15. The largest absolute Gasteiger partial charge is 0.416 e. The lowest BCUT2D eigenvalue weighted by Crippen LogP contribution is -2.43. The lowest BCUT2D eigenvalue weighted by Gasteiger charge is -2.35. The highest BCUT2D eigenvalue weighted by Gasteiger charge is 2.33.